The Kier molecular flexibility index (Phi) is 3.36. The van der Waals surface area contributed by atoms with Crippen LogP contribution in [0.1, 0.15) is 43.6 Å². The van der Waals surface area contributed by atoms with Gasteiger partial charge >= 0.3 is 7.60 Å². The van der Waals surface area contributed by atoms with Crippen LogP contribution in [0.4, 0.5) is 0 Å². The zero-order valence-electron chi connectivity index (χ0n) is 12.4. The maximum atomic E-state index is 12.4. The quantitative estimate of drug-likeness (QED) is 0.782. The van der Waals surface area contributed by atoms with E-state index >= 15 is 0 Å². The Bertz CT molecular complexity index is 763. The van der Waals surface area contributed by atoms with Crippen molar-refractivity contribution in [1.29, 1.82) is 0 Å². The molecular weight excluding hydrogens is 295 g/mol. The normalized spacial score (nSPS) is 24.2. The summed E-state index contributed by atoms with van der Waals surface area (Å²) in [4.78, 5) is 10.2. The molecule has 1 unspecified atom stereocenters. The summed E-state index contributed by atoms with van der Waals surface area (Å²) in [5.41, 5.74) is 2.96. The molecule has 0 aromatic heterocycles. The third-order valence-electron chi connectivity index (χ3n) is 4.80. The molecule has 0 saturated heterocycles. The molecule has 0 radical (unpaired) electrons. The second kappa shape index (κ2) is 5.26. The minimum absolute atomic E-state index is 0.396. The summed E-state index contributed by atoms with van der Waals surface area (Å²) in [6.45, 7) is 0. The lowest BCUT2D eigenvalue weighted by Crippen LogP contribution is -2.17. The van der Waals surface area contributed by atoms with E-state index in [1.165, 1.54) is 37.7 Å². The fourth-order valence-electron chi connectivity index (χ4n) is 3.66. The molecule has 0 amide bonds. The van der Waals surface area contributed by atoms with Crippen molar-refractivity contribution < 1.29 is 14.0 Å². The molecule has 1 aliphatic heterocycles. The predicted molar refractivity (Wildman–Crippen MR) is 87.8 cm³/mol. The minimum atomic E-state index is -3.77. The van der Waals surface area contributed by atoms with Crippen molar-refractivity contribution in [2.75, 3.05) is 0 Å². The molecule has 4 heteroatoms. The van der Waals surface area contributed by atoms with Gasteiger partial charge in [-0.25, -0.2) is 4.57 Å². The van der Waals surface area contributed by atoms with Crippen molar-refractivity contribution >= 4 is 12.9 Å². The smallest absolute Gasteiger partial charge is 0.408 e. The summed E-state index contributed by atoms with van der Waals surface area (Å²) in [5, 5.41) is 0.396. The summed E-state index contributed by atoms with van der Waals surface area (Å²) in [5.74, 6) is 1.10. The van der Waals surface area contributed by atoms with Gasteiger partial charge in [-0.1, -0.05) is 49.6 Å². The highest BCUT2D eigenvalue weighted by Crippen LogP contribution is 2.52. The van der Waals surface area contributed by atoms with E-state index < -0.39 is 7.60 Å². The fourth-order valence-corrected chi connectivity index (χ4v) is 4.95. The van der Waals surface area contributed by atoms with Gasteiger partial charge in [0.15, 0.2) is 0 Å². The van der Waals surface area contributed by atoms with Gasteiger partial charge in [0.25, 0.3) is 0 Å². The monoisotopic (exact) mass is 314 g/mol. The molecule has 22 heavy (non-hydrogen) atoms. The summed E-state index contributed by atoms with van der Waals surface area (Å²) in [6.07, 6.45) is 6.25. The summed E-state index contributed by atoms with van der Waals surface area (Å²) in [6, 6.07) is 13.4. The SMILES string of the molecule is O=P1(O)Oc2cc(C3CCCCC3)ccc2-c2ccccc21. The topological polar surface area (TPSA) is 46.5 Å². The van der Waals surface area contributed by atoms with Gasteiger partial charge in [-0.15, -0.1) is 0 Å². The van der Waals surface area contributed by atoms with E-state index in [2.05, 4.69) is 6.07 Å². The first-order valence-corrected chi connectivity index (χ1v) is 9.49. The van der Waals surface area contributed by atoms with Crippen LogP contribution in [-0.2, 0) is 4.57 Å². The van der Waals surface area contributed by atoms with E-state index in [1.54, 1.807) is 12.1 Å². The first-order chi connectivity index (χ1) is 10.6. The van der Waals surface area contributed by atoms with Crippen LogP contribution in [0.3, 0.4) is 0 Å². The van der Waals surface area contributed by atoms with Crippen molar-refractivity contribution in [1.82, 2.24) is 0 Å². The van der Waals surface area contributed by atoms with Gasteiger partial charge in [-0.2, -0.15) is 0 Å². The second-order valence-electron chi connectivity index (χ2n) is 6.22. The standard InChI is InChI=1S/C18H19O3P/c19-22(20)18-9-5-4-8-16(18)15-11-10-14(12-17(15)21-22)13-6-2-1-3-7-13/h4-5,8-13H,1-3,6-7H2,(H,19,20). The van der Waals surface area contributed by atoms with Gasteiger partial charge in [-0.3, -0.25) is 0 Å². The Morgan fingerprint density at radius 1 is 1.00 bits per heavy atom. The van der Waals surface area contributed by atoms with Crippen molar-refractivity contribution in [2.45, 2.75) is 38.0 Å². The fraction of sp³-hybridized carbons (Fsp3) is 0.333. The predicted octanol–water partition coefficient (Wildman–Crippen LogP) is 4.60. The average Bonchev–Trinajstić information content (AvgIpc) is 2.55. The maximum absolute atomic E-state index is 12.4. The van der Waals surface area contributed by atoms with Crippen LogP contribution in [0, 0.1) is 0 Å². The highest BCUT2D eigenvalue weighted by Gasteiger charge is 2.34. The van der Waals surface area contributed by atoms with Gasteiger partial charge < -0.3 is 9.42 Å². The molecule has 1 heterocycles. The molecule has 2 aromatic rings. The van der Waals surface area contributed by atoms with Crippen molar-refractivity contribution in [3.05, 3.63) is 48.0 Å². The lowest BCUT2D eigenvalue weighted by molar-refractivity contribution is 0.391. The molecule has 3 nitrogen and oxygen atoms in total. The number of fused-ring (bicyclic) bond motifs is 3. The molecule has 2 aromatic carbocycles. The molecule has 1 atom stereocenters. The highest BCUT2D eigenvalue weighted by atomic mass is 31.2. The first kappa shape index (κ1) is 14.0. The Hall–Kier alpha value is -1.57. The van der Waals surface area contributed by atoms with Gasteiger partial charge in [0.05, 0.1) is 5.30 Å². The lowest BCUT2D eigenvalue weighted by Gasteiger charge is -2.27. The third kappa shape index (κ3) is 2.29. The maximum Gasteiger partial charge on any atom is 0.408 e. The molecule has 4 rings (SSSR count). The number of rotatable bonds is 1. The van der Waals surface area contributed by atoms with E-state index in [1.807, 2.05) is 24.3 Å². The van der Waals surface area contributed by atoms with Crippen molar-refractivity contribution in [2.24, 2.45) is 0 Å². The summed E-state index contributed by atoms with van der Waals surface area (Å²) in [7, 11) is -3.77. The second-order valence-corrected chi connectivity index (χ2v) is 7.92. The van der Waals surface area contributed by atoms with Crippen LogP contribution >= 0.6 is 7.60 Å². The molecule has 1 fully saturated rings. The van der Waals surface area contributed by atoms with Crippen LogP contribution in [0.5, 0.6) is 5.75 Å². The lowest BCUT2D eigenvalue weighted by atomic mass is 9.83. The minimum Gasteiger partial charge on any atom is -0.421 e. The van der Waals surface area contributed by atoms with Crippen LogP contribution in [0.25, 0.3) is 11.1 Å². The molecule has 114 valence electrons. The van der Waals surface area contributed by atoms with E-state index in [9.17, 15) is 9.46 Å². The molecule has 0 spiro atoms. The molecule has 1 saturated carbocycles. The van der Waals surface area contributed by atoms with Crippen LogP contribution < -0.4 is 9.83 Å². The number of benzene rings is 2. The van der Waals surface area contributed by atoms with Crippen LogP contribution in [0.15, 0.2) is 42.5 Å². The molecule has 1 N–H and O–H groups in total. The van der Waals surface area contributed by atoms with Gasteiger partial charge in [0.2, 0.25) is 0 Å². The highest BCUT2D eigenvalue weighted by molar-refractivity contribution is 7.62. The summed E-state index contributed by atoms with van der Waals surface area (Å²) < 4.78 is 17.9. The molecular formula is C18H19O3P. The first-order valence-electron chi connectivity index (χ1n) is 7.91. The number of hydrogen-bond donors (Lipinski definition) is 1. The van der Waals surface area contributed by atoms with E-state index in [4.69, 9.17) is 4.52 Å². The largest absolute Gasteiger partial charge is 0.421 e. The van der Waals surface area contributed by atoms with Gasteiger partial charge in [0.1, 0.15) is 5.75 Å². The Morgan fingerprint density at radius 3 is 2.59 bits per heavy atom. The zero-order chi connectivity index (χ0) is 15.2. The van der Waals surface area contributed by atoms with Crippen LogP contribution in [-0.4, -0.2) is 4.89 Å². The Balaban J connectivity index is 1.80. The third-order valence-corrected chi connectivity index (χ3v) is 6.25. The number of hydrogen-bond acceptors (Lipinski definition) is 2. The zero-order valence-corrected chi connectivity index (χ0v) is 13.3. The van der Waals surface area contributed by atoms with Crippen molar-refractivity contribution in [3.8, 4) is 16.9 Å². The van der Waals surface area contributed by atoms with Gasteiger partial charge in [-0.05, 0) is 36.5 Å². The Labute approximate surface area is 130 Å². The Morgan fingerprint density at radius 2 is 1.77 bits per heavy atom. The summed E-state index contributed by atoms with van der Waals surface area (Å²) >= 11 is 0. The molecule has 1 aliphatic carbocycles. The molecule has 0 bridgehead atoms. The van der Waals surface area contributed by atoms with E-state index in [0.29, 0.717) is 17.0 Å². The molecule has 2 aliphatic rings. The van der Waals surface area contributed by atoms with Gasteiger partial charge in [0, 0.05) is 11.1 Å². The van der Waals surface area contributed by atoms with E-state index in [-0.39, 0.29) is 0 Å². The van der Waals surface area contributed by atoms with Crippen LogP contribution in [0.2, 0.25) is 0 Å². The van der Waals surface area contributed by atoms with E-state index in [0.717, 1.165) is 11.1 Å². The van der Waals surface area contributed by atoms with Crippen molar-refractivity contribution in [3.63, 3.8) is 0 Å². The average molecular weight is 314 g/mol.